The van der Waals surface area contributed by atoms with E-state index in [1.54, 1.807) is 6.20 Å². The van der Waals surface area contributed by atoms with Crippen molar-refractivity contribution in [3.63, 3.8) is 0 Å². The van der Waals surface area contributed by atoms with Crippen LogP contribution < -0.4 is 0 Å². The third-order valence-electron chi connectivity index (χ3n) is 5.32. The van der Waals surface area contributed by atoms with Gasteiger partial charge in [0.1, 0.15) is 0 Å². The quantitative estimate of drug-likeness (QED) is 0.623. The van der Waals surface area contributed by atoms with Gasteiger partial charge >= 0.3 is 0 Å². The average Bonchev–Trinajstić information content (AvgIpc) is 2.76. The van der Waals surface area contributed by atoms with Gasteiger partial charge in [0, 0.05) is 44.5 Å². The normalized spacial score (nSPS) is 15.3. The third-order valence-corrected chi connectivity index (χ3v) is 5.32. The highest BCUT2D eigenvalue weighted by Gasteiger charge is 2.14. The van der Waals surface area contributed by atoms with Gasteiger partial charge in [-0.25, -0.2) is 4.85 Å². The lowest BCUT2D eigenvalue weighted by molar-refractivity contribution is 0.148. The number of pyridine rings is 1. The van der Waals surface area contributed by atoms with E-state index in [4.69, 9.17) is 6.57 Å². The standard InChI is InChI=1S/C24H24N4/c1-25-22-16-23(20-6-4-3-5-7-20)24(26-17-22)21-10-8-19(9-11-21)18-28-14-12-27(2)13-15-28/h3-11,16-17H,12-15,18H2,2H3. The Morgan fingerprint density at radius 3 is 2.32 bits per heavy atom. The molecular formula is C24H24N4. The van der Waals surface area contributed by atoms with Gasteiger partial charge < -0.3 is 4.90 Å². The second-order valence-electron chi connectivity index (χ2n) is 7.34. The van der Waals surface area contributed by atoms with Gasteiger partial charge in [-0.1, -0.05) is 54.6 Å². The Balaban J connectivity index is 1.60. The number of hydrogen-bond acceptors (Lipinski definition) is 3. The number of piperazine rings is 1. The van der Waals surface area contributed by atoms with Gasteiger partial charge in [-0.3, -0.25) is 9.88 Å². The maximum absolute atomic E-state index is 7.32. The van der Waals surface area contributed by atoms with Gasteiger partial charge in [0.25, 0.3) is 0 Å². The summed E-state index contributed by atoms with van der Waals surface area (Å²) in [6.45, 7) is 12.8. The van der Waals surface area contributed by atoms with Crippen molar-refractivity contribution in [1.82, 2.24) is 14.8 Å². The highest BCUT2D eigenvalue weighted by molar-refractivity contribution is 5.82. The summed E-state index contributed by atoms with van der Waals surface area (Å²) >= 11 is 0. The molecule has 2 heterocycles. The number of benzene rings is 2. The van der Waals surface area contributed by atoms with Crippen molar-refractivity contribution in [3.8, 4) is 22.4 Å². The fourth-order valence-electron chi connectivity index (χ4n) is 3.61. The van der Waals surface area contributed by atoms with E-state index in [2.05, 4.69) is 63.1 Å². The molecule has 3 aromatic rings. The Bertz CT molecular complexity index is 966. The van der Waals surface area contributed by atoms with Crippen molar-refractivity contribution < 1.29 is 0 Å². The van der Waals surface area contributed by atoms with Crippen LogP contribution in [0.3, 0.4) is 0 Å². The molecule has 0 unspecified atom stereocenters. The Hall–Kier alpha value is -3.00. The molecule has 0 aliphatic carbocycles. The van der Waals surface area contributed by atoms with Crippen LogP contribution in [0, 0.1) is 6.57 Å². The number of aromatic nitrogens is 1. The lowest BCUT2D eigenvalue weighted by Gasteiger charge is -2.32. The molecule has 0 bridgehead atoms. The van der Waals surface area contributed by atoms with E-state index in [0.717, 1.165) is 55.1 Å². The largest absolute Gasteiger partial charge is 0.304 e. The summed E-state index contributed by atoms with van der Waals surface area (Å²) in [6.07, 6.45) is 1.66. The first kappa shape index (κ1) is 18.4. The smallest absolute Gasteiger partial charge is 0.205 e. The molecule has 1 saturated heterocycles. The van der Waals surface area contributed by atoms with E-state index in [-0.39, 0.29) is 0 Å². The highest BCUT2D eigenvalue weighted by Crippen LogP contribution is 2.33. The van der Waals surface area contributed by atoms with Gasteiger partial charge in [0.05, 0.1) is 12.3 Å². The van der Waals surface area contributed by atoms with Gasteiger partial charge in [-0.05, 0) is 29.8 Å². The molecule has 1 aliphatic rings. The number of hydrogen-bond donors (Lipinski definition) is 0. The van der Waals surface area contributed by atoms with E-state index in [0.29, 0.717) is 5.69 Å². The Kier molecular flexibility index (Phi) is 5.48. The van der Waals surface area contributed by atoms with Gasteiger partial charge in [-0.2, -0.15) is 0 Å². The van der Waals surface area contributed by atoms with Crippen LogP contribution in [0.4, 0.5) is 5.69 Å². The first-order valence-corrected chi connectivity index (χ1v) is 9.66. The molecule has 1 aromatic heterocycles. The number of likely N-dealkylation sites (N-methyl/N-ethyl adjacent to an activating group) is 1. The topological polar surface area (TPSA) is 23.7 Å². The molecule has 140 valence electrons. The molecule has 4 rings (SSSR count). The Labute approximate surface area is 166 Å². The zero-order valence-electron chi connectivity index (χ0n) is 16.2. The fraction of sp³-hybridized carbons (Fsp3) is 0.250. The van der Waals surface area contributed by atoms with Crippen molar-refractivity contribution in [2.45, 2.75) is 6.54 Å². The second-order valence-corrected chi connectivity index (χ2v) is 7.34. The highest BCUT2D eigenvalue weighted by atomic mass is 15.2. The summed E-state index contributed by atoms with van der Waals surface area (Å²) in [5.74, 6) is 0. The van der Waals surface area contributed by atoms with Crippen molar-refractivity contribution in [2.75, 3.05) is 33.2 Å². The van der Waals surface area contributed by atoms with Crippen LogP contribution in [0.2, 0.25) is 0 Å². The predicted molar refractivity (Wildman–Crippen MR) is 114 cm³/mol. The molecule has 0 radical (unpaired) electrons. The summed E-state index contributed by atoms with van der Waals surface area (Å²) in [7, 11) is 2.18. The fourth-order valence-corrected chi connectivity index (χ4v) is 3.61. The monoisotopic (exact) mass is 368 g/mol. The second kappa shape index (κ2) is 8.35. The van der Waals surface area contributed by atoms with Crippen LogP contribution in [0.25, 0.3) is 27.2 Å². The van der Waals surface area contributed by atoms with Crippen LogP contribution in [-0.2, 0) is 6.54 Å². The van der Waals surface area contributed by atoms with Crippen molar-refractivity contribution in [2.24, 2.45) is 0 Å². The van der Waals surface area contributed by atoms with Crippen molar-refractivity contribution in [1.29, 1.82) is 0 Å². The molecule has 1 fully saturated rings. The molecule has 28 heavy (non-hydrogen) atoms. The Morgan fingerprint density at radius 1 is 0.929 bits per heavy atom. The maximum Gasteiger partial charge on any atom is 0.205 e. The maximum atomic E-state index is 7.32. The van der Waals surface area contributed by atoms with Gasteiger partial charge in [0.15, 0.2) is 0 Å². The molecule has 4 nitrogen and oxygen atoms in total. The van der Waals surface area contributed by atoms with E-state index in [1.165, 1.54) is 5.56 Å². The van der Waals surface area contributed by atoms with E-state index in [9.17, 15) is 0 Å². The first-order valence-electron chi connectivity index (χ1n) is 9.66. The van der Waals surface area contributed by atoms with Crippen LogP contribution in [0.5, 0.6) is 0 Å². The zero-order valence-corrected chi connectivity index (χ0v) is 16.2. The first-order chi connectivity index (χ1) is 13.7. The van der Waals surface area contributed by atoms with E-state index < -0.39 is 0 Å². The molecule has 0 N–H and O–H groups in total. The summed E-state index contributed by atoms with van der Waals surface area (Å²) < 4.78 is 0. The SMILES string of the molecule is [C-]#[N+]c1cnc(-c2ccc(CN3CCN(C)CC3)cc2)c(-c2ccccc2)c1. The minimum Gasteiger partial charge on any atom is -0.304 e. The minimum atomic E-state index is 0.564. The molecular weight excluding hydrogens is 344 g/mol. The third kappa shape index (κ3) is 4.12. The van der Waals surface area contributed by atoms with Crippen LogP contribution in [0.1, 0.15) is 5.56 Å². The molecule has 1 aliphatic heterocycles. The summed E-state index contributed by atoms with van der Waals surface area (Å²) in [4.78, 5) is 13.1. The number of rotatable bonds is 4. The Morgan fingerprint density at radius 2 is 1.64 bits per heavy atom. The van der Waals surface area contributed by atoms with E-state index >= 15 is 0 Å². The van der Waals surface area contributed by atoms with Gasteiger partial charge in [0.2, 0.25) is 5.69 Å². The van der Waals surface area contributed by atoms with Crippen molar-refractivity contribution in [3.05, 3.63) is 83.8 Å². The van der Waals surface area contributed by atoms with Crippen LogP contribution in [-0.4, -0.2) is 48.0 Å². The number of nitrogens with zero attached hydrogens (tertiary/aromatic N) is 4. The lowest BCUT2D eigenvalue weighted by Crippen LogP contribution is -2.43. The molecule has 4 heteroatoms. The van der Waals surface area contributed by atoms with Crippen molar-refractivity contribution >= 4 is 5.69 Å². The van der Waals surface area contributed by atoms with Gasteiger partial charge in [-0.15, -0.1) is 0 Å². The summed E-state index contributed by atoms with van der Waals surface area (Å²) in [5, 5.41) is 0. The lowest BCUT2D eigenvalue weighted by atomic mass is 9.98. The molecule has 2 aromatic carbocycles. The molecule has 0 spiro atoms. The molecule has 0 amide bonds. The molecule has 0 atom stereocenters. The molecule has 0 saturated carbocycles. The summed E-state index contributed by atoms with van der Waals surface area (Å²) in [5.41, 5.74) is 5.97. The zero-order chi connectivity index (χ0) is 19.3. The minimum absolute atomic E-state index is 0.564. The summed E-state index contributed by atoms with van der Waals surface area (Å²) in [6, 6.07) is 20.8. The van der Waals surface area contributed by atoms with Crippen LogP contribution in [0.15, 0.2) is 66.9 Å². The predicted octanol–water partition coefficient (Wildman–Crippen LogP) is 4.71. The van der Waals surface area contributed by atoms with Crippen LogP contribution >= 0.6 is 0 Å². The van der Waals surface area contributed by atoms with E-state index in [1.807, 2.05) is 24.3 Å². The average molecular weight is 368 g/mol.